The summed E-state index contributed by atoms with van der Waals surface area (Å²) in [5, 5.41) is 44.2. The maximum atomic E-state index is 12.5. The highest BCUT2D eigenvalue weighted by atomic mass is 79.9. The molecule has 16 nitrogen and oxygen atoms in total. The van der Waals surface area contributed by atoms with Gasteiger partial charge in [-0.1, -0.05) is 0 Å². The van der Waals surface area contributed by atoms with Crippen LogP contribution in [0.1, 0.15) is 20.7 Å². The number of non-ortho nitro benzene ring substituents is 2. The van der Waals surface area contributed by atoms with Crippen molar-refractivity contribution in [2.24, 2.45) is 0 Å². The lowest BCUT2D eigenvalue weighted by molar-refractivity contribution is -0.394. The summed E-state index contributed by atoms with van der Waals surface area (Å²) < 4.78 is 10.2. The van der Waals surface area contributed by atoms with Crippen molar-refractivity contribution in [1.82, 2.24) is 0 Å². The standard InChI is InChI=1S/C20H9BrN4O12/c21-15-9-12(36-19(26)13-4-1-10(22(28)29)7-16(13)24(32)33)3-6-18(15)37-20(27)14-5-2-11(23(30)31)8-17(14)25(34)35/h1-9H. The van der Waals surface area contributed by atoms with Gasteiger partial charge in [0.05, 0.1) is 36.3 Å². The molecule has 0 aliphatic heterocycles. The summed E-state index contributed by atoms with van der Waals surface area (Å²) in [5.74, 6) is -2.78. The predicted molar refractivity (Wildman–Crippen MR) is 124 cm³/mol. The van der Waals surface area contributed by atoms with Gasteiger partial charge in [-0.05, 0) is 46.3 Å². The van der Waals surface area contributed by atoms with Crippen LogP contribution in [-0.2, 0) is 0 Å². The Hall–Kier alpha value is -5.32. The Labute approximate surface area is 211 Å². The molecule has 3 aromatic rings. The van der Waals surface area contributed by atoms with Crippen molar-refractivity contribution in [3.63, 3.8) is 0 Å². The van der Waals surface area contributed by atoms with E-state index in [0.717, 1.165) is 42.5 Å². The van der Waals surface area contributed by atoms with Gasteiger partial charge in [0.25, 0.3) is 22.7 Å². The predicted octanol–water partition coefficient (Wildman–Crippen LogP) is 4.52. The smallest absolute Gasteiger partial charge is 0.350 e. The van der Waals surface area contributed by atoms with Crippen molar-refractivity contribution in [1.29, 1.82) is 0 Å². The second-order valence-corrected chi connectivity index (χ2v) is 7.66. The highest BCUT2D eigenvalue weighted by Crippen LogP contribution is 2.33. The number of halogens is 1. The molecule has 0 fully saturated rings. The first-order valence-corrected chi connectivity index (χ1v) is 10.3. The Kier molecular flexibility index (Phi) is 7.48. The number of esters is 2. The number of hydrogen-bond acceptors (Lipinski definition) is 12. The third-order valence-electron chi connectivity index (χ3n) is 4.53. The first-order chi connectivity index (χ1) is 17.4. The van der Waals surface area contributed by atoms with Gasteiger partial charge in [0, 0.05) is 12.1 Å². The second kappa shape index (κ2) is 10.5. The van der Waals surface area contributed by atoms with Crippen LogP contribution >= 0.6 is 15.9 Å². The van der Waals surface area contributed by atoms with Crippen molar-refractivity contribution in [2.45, 2.75) is 0 Å². The molecule has 0 unspecified atom stereocenters. The summed E-state index contributed by atoms with van der Waals surface area (Å²) in [4.78, 5) is 65.4. The average Bonchev–Trinajstić information content (AvgIpc) is 2.84. The van der Waals surface area contributed by atoms with Crippen LogP contribution in [0, 0.1) is 40.5 Å². The molecule has 0 spiro atoms. The Bertz CT molecular complexity index is 1510. The van der Waals surface area contributed by atoms with E-state index in [-0.39, 0.29) is 16.0 Å². The molecule has 188 valence electrons. The van der Waals surface area contributed by atoms with Crippen LogP contribution in [0.4, 0.5) is 22.7 Å². The molecule has 17 heteroatoms. The van der Waals surface area contributed by atoms with Gasteiger partial charge >= 0.3 is 11.9 Å². The summed E-state index contributed by atoms with van der Waals surface area (Å²) in [5.41, 5.74) is -4.05. The third kappa shape index (κ3) is 5.85. The molecule has 0 N–H and O–H groups in total. The lowest BCUT2D eigenvalue weighted by Gasteiger charge is -2.09. The summed E-state index contributed by atoms with van der Waals surface area (Å²) >= 11 is 3.06. The Morgan fingerprint density at radius 3 is 1.49 bits per heavy atom. The third-order valence-corrected chi connectivity index (χ3v) is 5.15. The summed E-state index contributed by atoms with van der Waals surface area (Å²) in [6, 6.07) is 8.11. The maximum absolute atomic E-state index is 12.5. The van der Waals surface area contributed by atoms with Crippen LogP contribution in [0.5, 0.6) is 11.5 Å². The number of hydrogen-bond donors (Lipinski definition) is 0. The fourth-order valence-corrected chi connectivity index (χ4v) is 3.30. The van der Waals surface area contributed by atoms with E-state index in [9.17, 15) is 50.0 Å². The van der Waals surface area contributed by atoms with Crippen molar-refractivity contribution < 1.29 is 38.8 Å². The highest BCUT2D eigenvalue weighted by Gasteiger charge is 2.27. The van der Waals surface area contributed by atoms with Gasteiger partial charge in [-0.15, -0.1) is 0 Å². The average molecular weight is 577 g/mol. The van der Waals surface area contributed by atoms with E-state index in [2.05, 4.69) is 15.9 Å². The molecule has 0 bridgehead atoms. The number of ether oxygens (including phenoxy) is 2. The molecule has 0 saturated heterocycles. The molecule has 0 heterocycles. The summed E-state index contributed by atoms with van der Waals surface area (Å²) in [6.07, 6.45) is 0. The fraction of sp³-hybridized carbons (Fsp3) is 0. The van der Waals surface area contributed by atoms with Crippen molar-refractivity contribution >= 4 is 50.6 Å². The van der Waals surface area contributed by atoms with E-state index in [0.29, 0.717) is 12.1 Å². The zero-order valence-corrected chi connectivity index (χ0v) is 19.3. The van der Waals surface area contributed by atoms with Gasteiger partial charge < -0.3 is 9.47 Å². The molecule has 3 aromatic carbocycles. The maximum Gasteiger partial charge on any atom is 0.350 e. The molecule has 0 aliphatic rings. The van der Waals surface area contributed by atoms with Crippen LogP contribution in [0.15, 0.2) is 59.1 Å². The van der Waals surface area contributed by atoms with E-state index in [4.69, 9.17) is 9.47 Å². The normalized spacial score (nSPS) is 10.3. The lowest BCUT2D eigenvalue weighted by Crippen LogP contribution is -2.13. The van der Waals surface area contributed by atoms with Crippen molar-refractivity contribution in [3.8, 4) is 11.5 Å². The summed E-state index contributed by atoms with van der Waals surface area (Å²) in [6.45, 7) is 0. The minimum absolute atomic E-state index is 0.0221. The van der Waals surface area contributed by atoms with Gasteiger partial charge in [-0.2, -0.15) is 0 Å². The van der Waals surface area contributed by atoms with Gasteiger partial charge in [0.1, 0.15) is 22.6 Å². The van der Waals surface area contributed by atoms with Gasteiger partial charge in [0.2, 0.25) is 0 Å². The molecular formula is C20H9BrN4O12. The minimum atomic E-state index is -1.21. The number of carbonyl (C=O) groups excluding carboxylic acids is 2. The Morgan fingerprint density at radius 1 is 0.622 bits per heavy atom. The van der Waals surface area contributed by atoms with Crippen LogP contribution < -0.4 is 9.47 Å². The number of rotatable bonds is 8. The molecular weight excluding hydrogens is 568 g/mol. The second-order valence-electron chi connectivity index (χ2n) is 6.80. The van der Waals surface area contributed by atoms with Crippen LogP contribution in [0.2, 0.25) is 0 Å². The molecule has 0 atom stereocenters. The molecule has 37 heavy (non-hydrogen) atoms. The topological polar surface area (TPSA) is 225 Å². The number of nitro groups is 4. The van der Waals surface area contributed by atoms with Gasteiger partial charge in [-0.3, -0.25) is 40.5 Å². The number of nitrogens with zero attached hydrogens (tertiary/aromatic N) is 4. The van der Waals surface area contributed by atoms with E-state index in [1.54, 1.807) is 0 Å². The molecule has 0 aliphatic carbocycles. The number of carbonyl (C=O) groups is 2. The van der Waals surface area contributed by atoms with Crippen LogP contribution in [0.3, 0.4) is 0 Å². The van der Waals surface area contributed by atoms with Gasteiger partial charge in [0.15, 0.2) is 0 Å². The zero-order chi connectivity index (χ0) is 27.4. The van der Waals surface area contributed by atoms with Crippen molar-refractivity contribution in [2.75, 3.05) is 0 Å². The monoisotopic (exact) mass is 576 g/mol. The highest BCUT2D eigenvalue weighted by molar-refractivity contribution is 9.10. The Morgan fingerprint density at radius 2 is 1.08 bits per heavy atom. The Balaban J connectivity index is 1.82. The van der Waals surface area contributed by atoms with E-state index < -0.39 is 65.5 Å². The molecule has 0 aromatic heterocycles. The SMILES string of the molecule is O=C(Oc1ccc(OC(=O)c2ccc([N+](=O)[O-])cc2[N+](=O)[O-])c(Br)c1)c1ccc([N+](=O)[O-])cc1[N+](=O)[O-]. The van der Waals surface area contributed by atoms with Crippen LogP contribution in [-0.4, -0.2) is 31.6 Å². The number of benzene rings is 3. The van der Waals surface area contributed by atoms with Crippen LogP contribution in [0.25, 0.3) is 0 Å². The van der Waals surface area contributed by atoms with E-state index >= 15 is 0 Å². The molecule has 0 amide bonds. The van der Waals surface area contributed by atoms with E-state index in [1.165, 1.54) is 0 Å². The summed E-state index contributed by atoms with van der Waals surface area (Å²) in [7, 11) is 0. The fourth-order valence-electron chi connectivity index (χ4n) is 2.86. The number of nitro benzene ring substituents is 4. The zero-order valence-electron chi connectivity index (χ0n) is 17.8. The minimum Gasteiger partial charge on any atom is -0.423 e. The van der Waals surface area contributed by atoms with E-state index in [1.807, 2.05) is 0 Å². The van der Waals surface area contributed by atoms with Crippen molar-refractivity contribution in [3.05, 3.63) is 111 Å². The lowest BCUT2D eigenvalue weighted by atomic mass is 10.1. The van der Waals surface area contributed by atoms with Gasteiger partial charge in [-0.25, -0.2) is 9.59 Å². The molecule has 0 radical (unpaired) electrons. The first kappa shape index (κ1) is 26.3. The molecule has 3 rings (SSSR count). The largest absolute Gasteiger partial charge is 0.423 e. The quantitative estimate of drug-likeness (QED) is 0.156. The molecule has 0 saturated carbocycles. The first-order valence-electron chi connectivity index (χ1n) is 9.48.